The van der Waals surface area contributed by atoms with Crippen LogP contribution in [-0.2, 0) is 9.59 Å². The van der Waals surface area contributed by atoms with Crippen LogP contribution in [0.15, 0.2) is 34.0 Å². The molecule has 1 aliphatic rings. The highest BCUT2D eigenvalue weighted by molar-refractivity contribution is 7.99. The summed E-state index contributed by atoms with van der Waals surface area (Å²) in [4.78, 5) is 36.8. The minimum Gasteiger partial charge on any atom is -0.481 e. The van der Waals surface area contributed by atoms with Gasteiger partial charge >= 0.3 is 5.97 Å². The number of aliphatic carboxylic acids is 1. The molecule has 7 heteroatoms. The van der Waals surface area contributed by atoms with E-state index in [1.165, 1.54) is 29.0 Å². The van der Waals surface area contributed by atoms with Crippen molar-refractivity contribution >= 4 is 29.4 Å². The van der Waals surface area contributed by atoms with Crippen molar-refractivity contribution in [3.05, 3.63) is 35.3 Å². The molecule has 2 rings (SSSR count). The number of nitrogens with zero attached hydrogens (tertiary/aromatic N) is 1. The zero-order valence-electron chi connectivity index (χ0n) is 11.0. The van der Waals surface area contributed by atoms with Gasteiger partial charge in [0.05, 0.1) is 12.7 Å². The Kier molecular flexibility index (Phi) is 3.99. The molecule has 6 nitrogen and oxygen atoms in total. The van der Waals surface area contributed by atoms with Gasteiger partial charge in [0.2, 0.25) is 5.78 Å². The maximum absolute atomic E-state index is 12.4. The average Bonchev–Trinajstić information content (AvgIpc) is 3.00. The first-order valence-corrected chi connectivity index (χ1v) is 7.09. The number of furan rings is 1. The van der Waals surface area contributed by atoms with Crippen LogP contribution in [0.25, 0.3) is 0 Å². The second-order valence-corrected chi connectivity index (χ2v) is 5.19. The van der Waals surface area contributed by atoms with E-state index in [-0.39, 0.29) is 16.9 Å². The van der Waals surface area contributed by atoms with Crippen molar-refractivity contribution in [2.24, 2.45) is 0 Å². The van der Waals surface area contributed by atoms with Gasteiger partial charge < -0.3 is 14.4 Å². The van der Waals surface area contributed by atoms with Gasteiger partial charge in [0, 0.05) is 18.2 Å². The number of rotatable bonds is 5. The van der Waals surface area contributed by atoms with E-state index in [4.69, 9.17) is 9.52 Å². The Balaban J connectivity index is 2.50. The first-order chi connectivity index (χ1) is 9.47. The van der Waals surface area contributed by atoms with Crippen LogP contribution in [0.2, 0.25) is 0 Å². The van der Waals surface area contributed by atoms with Crippen molar-refractivity contribution in [3.8, 4) is 0 Å². The lowest BCUT2D eigenvalue weighted by molar-refractivity contribution is -0.137. The summed E-state index contributed by atoms with van der Waals surface area (Å²) in [6.07, 6.45) is 2.65. The molecule has 0 spiro atoms. The summed E-state index contributed by atoms with van der Waals surface area (Å²) in [5.74, 6) is -1.91. The van der Waals surface area contributed by atoms with E-state index in [2.05, 4.69) is 0 Å². The molecule has 1 N–H and O–H groups in total. The average molecular weight is 295 g/mol. The fourth-order valence-electron chi connectivity index (χ4n) is 2.16. The van der Waals surface area contributed by atoms with Gasteiger partial charge in [-0.05, 0) is 18.4 Å². The molecule has 0 saturated heterocycles. The first kappa shape index (κ1) is 14.4. The number of likely N-dealkylation sites (N-methyl/N-ethyl adjacent to an activating group) is 1. The van der Waals surface area contributed by atoms with Crippen LogP contribution < -0.4 is 0 Å². The highest BCUT2D eigenvalue weighted by atomic mass is 32.2. The summed E-state index contributed by atoms with van der Waals surface area (Å²) in [5.41, 5.74) is 0.225. The third-order valence-corrected chi connectivity index (χ3v) is 4.04. The van der Waals surface area contributed by atoms with Crippen LogP contribution in [0.5, 0.6) is 0 Å². The number of carboxylic acid groups (broad SMARTS) is 1. The number of carboxylic acids is 1. The van der Waals surface area contributed by atoms with Gasteiger partial charge in [-0.25, -0.2) is 0 Å². The van der Waals surface area contributed by atoms with Crippen LogP contribution in [0.4, 0.5) is 0 Å². The van der Waals surface area contributed by atoms with E-state index in [9.17, 15) is 14.4 Å². The van der Waals surface area contributed by atoms with Crippen molar-refractivity contribution in [3.63, 3.8) is 0 Å². The maximum Gasteiger partial charge on any atom is 0.308 e. The van der Waals surface area contributed by atoms with Crippen molar-refractivity contribution in [1.29, 1.82) is 0 Å². The summed E-state index contributed by atoms with van der Waals surface area (Å²) in [6, 6.07) is 3.06. The molecule has 1 aromatic rings. The zero-order valence-corrected chi connectivity index (χ0v) is 11.8. The van der Waals surface area contributed by atoms with E-state index in [0.717, 1.165) is 0 Å². The molecule has 1 aromatic heterocycles. The Morgan fingerprint density at radius 3 is 2.70 bits per heavy atom. The number of Topliss-reactive ketones (excluding diaryl/α,β-unsaturated/α-hetero) is 1. The Morgan fingerprint density at radius 2 is 2.20 bits per heavy atom. The lowest BCUT2D eigenvalue weighted by Gasteiger charge is -2.19. The third-order valence-electron chi connectivity index (χ3n) is 3.04. The van der Waals surface area contributed by atoms with Gasteiger partial charge in [-0.1, -0.05) is 0 Å². The Morgan fingerprint density at radius 1 is 1.50 bits per heavy atom. The number of amides is 1. The van der Waals surface area contributed by atoms with Gasteiger partial charge in [0.25, 0.3) is 5.91 Å². The molecule has 1 aliphatic heterocycles. The molecule has 0 saturated carbocycles. The number of carbonyl (C=O) groups excluding carboxylic acids is 2. The van der Waals surface area contributed by atoms with Crippen molar-refractivity contribution in [2.75, 3.05) is 13.3 Å². The van der Waals surface area contributed by atoms with Crippen molar-refractivity contribution < 1.29 is 23.9 Å². The maximum atomic E-state index is 12.4. The fraction of sp³-hybridized carbons (Fsp3) is 0.308. The lowest BCUT2D eigenvalue weighted by atomic mass is 10.0. The zero-order chi connectivity index (χ0) is 14.9. The van der Waals surface area contributed by atoms with Crippen molar-refractivity contribution in [1.82, 2.24) is 4.90 Å². The Bertz CT molecular complexity index is 590. The van der Waals surface area contributed by atoms with E-state index in [1.54, 1.807) is 19.4 Å². The molecule has 0 bridgehead atoms. The molecule has 1 amide bonds. The van der Waals surface area contributed by atoms with Crippen LogP contribution >= 0.6 is 11.8 Å². The SMILES string of the molecule is CSC1C(C(=O)c2ccco2)=C(CC(=O)O)C(=O)N1C. The molecule has 0 radical (unpaired) electrons. The second-order valence-electron chi connectivity index (χ2n) is 4.27. The number of ketones is 1. The first-order valence-electron chi connectivity index (χ1n) is 5.80. The van der Waals surface area contributed by atoms with Gasteiger partial charge in [-0.15, -0.1) is 11.8 Å². The largest absolute Gasteiger partial charge is 0.481 e. The lowest BCUT2D eigenvalue weighted by Crippen LogP contribution is -2.30. The molecular weight excluding hydrogens is 282 g/mol. The van der Waals surface area contributed by atoms with Crippen molar-refractivity contribution in [2.45, 2.75) is 11.8 Å². The standard InChI is InChI=1S/C13H13NO5S/c1-14-12(18)7(6-9(15)16)10(13(14)20-2)11(17)8-4-3-5-19-8/h3-5,13H,6H2,1-2H3,(H,15,16). The van der Waals surface area contributed by atoms with Crippen LogP contribution in [-0.4, -0.2) is 46.3 Å². The van der Waals surface area contributed by atoms with Gasteiger partial charge in [0.1, 0.15) is 5.37 Å². The molecule has 106 valence electrons. The number of hydrogen-bond donors (Lipinski definition) is 1. The minimum atomic E-state index is -1.15. The number of hydrogen-bond acceptors (Lipinski definition) is 5. The normalized spacial score (nSPS) is 18.8. The van der Waals surface area contributed by atoms with E-state index >= 15 is 0 Å². The molecule has 2 heterocycles. The smallest absolute Gasteiger partial charge is 0.308 e. The molecule has 20 heavy (non-hydrogen) atoms. The monoisotopic (exact) mass is 295 g/mol. The van der Waals surface area contributed by atoms with Crippen LogP contribution in [0.1, 0.15) is 17.0 Å². The van der Waals surface area contributed by atoms with E-state index in [1.807, 2.05) is 0 Å². The molecule has 0 fully saturated rings. The number of thioether (sulfide) groups is 1. The molecular formula is C13H13NO5S. The summed E-state index contributed by atoms with van der Waals surface area (Å²) >= 11 is 1.30. The highest BCUT2D eigenvalue weighted by Gasteiger charge is 2.41. The summed E-state index contributed by atoms with van der Waals surface area (Å²) in [6.45, 7) is 0. The van der Waals surface area contributed by atoms with Gasteiger partial charge in [-0.2, -0.15) is 0 Å². The van der Waals surface area contributed by atoms with Gasteiger partial charge in [0.15, 0.2) is 5.76 Å². The topological polar surface area (TPSA) is 87.8 Å². The summed E-state index contributed by atoms with van der Waals surface area (Å²) in [5, 5.41) is 8.43. The molecule has 1 atom stereocenters. The summed E-state index contributed by atoms with van der Waals surface area (Å²) < 4.78 is 5.05. The van der Waals surface area contributed by atoms with Crippen LogP contribution in [0.3, 0.4) is 0 Å². The third kappa shape index (κ3) is 2.36. The predicted octanol–water partition coefficient (Wildman–Crippen LogP) is 1.39. The molecule has 0 aromatic carbocycles. The highest BCUT2D eigenvalue weighted by Crippen LogP contribution is 2.34. The number of carbonyl (C=O) groups is 3. The Labute approximate surface area is 119 Å². The van der Waals surface area contributed by atoms with Gasteiger partial charge in [-0.3, -0.25) is 14.4 Å². The molecule has 0 aliphatic carbocycles. The van der Waals surface area contributed by atoms with E-state index < -0.39 is 29.5 Å². The second kappa shape index (κ2) is 5.54. The van der Waals surface area contributed by atoms with E-state index in [0.29, 0.717) is 0 Å². The fourth-order valence-corrected chi connectivity index (χ4v) is 3.06. The summed E-state index contributed by atoms with van der Waals surface area (Å²) in [7, 11) is 1.55. The van der Waals surface area contributed by atoms with Crippen LogP contribution in [0, 0.1) is 0 Å². The molecule has 1 unspecified atom stereocenters. The quantitative estimate of drug-likeness (QED) is 0.826. The minimum absolute atomic E-state index is 0.0285. The Hall–Kier alpha value is -2.02. The predicted molar refractivity (Wildman–Crippen MR) is 72.4 cm³/mol.